The minimum Gasteiger partial charge on any atom is -0.472 e. The van der Waals surface area contributed by atoms with Crippen LogP contribution in [-0.2, 0) is 24.2 Å². The van der Waals surface area contributed by atoms with E-state index in [-0.39, 0.29) is 30.3 Å². The number of hydrogen-bond donors (Lipinski definition) is 1. The van der Waals surface area contributed by atoms with E-state index in [0.717, 1.165) is 49.2 Å². The van der Waals surface area contributed by atoms with Crippen LogP contribution in [0.3, 0.4) is 0 Å². The minimum absolute atomic E-state index is 0.0945. The zero-order chi connectivity index (χ0) is 29.3. The Morgan fingerprint density at radius 3 is 2.65 bits per heavy atom. The van der Waals surface area contributed by atoms with Crippen molar-refractivity contribution < 1.29 is 18.3 Å². The summed E-state index contributed by atoms with van der Waals surface area (Å²) >= 11 is 5.84. The Hall–Kier alpha value is -4.14. The number of ether oxygens (including phenoxy) is 2. The molecule has 12 nitrogen and oxygen atoms in total. The molecule has 1 atom stereocenters. The first-order valence-corrected chi connectivity index (χ1v) is 14.4. The summed E-state index contributed by atoms with van der Waals surface area (Å²) < 4.78 is 42.7. The molecule has 2 fully saturated rings. The molecule has 43 heavy (non-hydrogen) atoms. The molecule has 1 unspecified atom stereocenters. The van der Waals surface area contributed by atoms with Crippen LogP contribution >= 0.6 is 11.6 Å². The van der Waals surface area contributed by atoms with E-state index in [0.29, 0.717) is 48.0 Å². The van der Waals surface area contributed by atoms with E-state index in [2.05, 4.69) is 45.0 Å². The second kappa shape index (κ2) is 11.9. The van der Waals surface area contributed by atoms with E-state index in [1.807, 2.05) is 6.07 Å². The van der Waals surface area contributed by atoms with Crippen LogP contribution in [-0.4, -0.2) is 81.9 Å². The van der Waals surface area contributed by atoms with E-state index in [1.165, 1.54) is 6.07 Å². The fourth-order valence-electron chi connectivity index (χ4n) is 5.36. The number of aromatic amines is 1. The monoisotopic (exact) mass is 608 g/mol. The molecule has 0 saturated carbocycles. The SMILES string of the molecule is Fc1cc(Cl)ccc1Cc1ncc(F)c(OC2CCN(Cc3nc4cc(-c5nnn[nH]5)ncc4n3CC3CCO3)CC2)n1. The maximum Gasteiger partial charge on any atom is 0.254 e. The number of aromatic nitrogens is 9. The van der Waals surface area contributed by atoms with Gasteiger partial charge in [-0.3, -0.25) is 9.88 Å². The van der Waals surface area contributed by atoms with E-state index < -0.39 is 11.6 Å². The average molecular weight is 609 g/mol. The highest BCUT2D eigenvalue weighted by atomic mass is 35.5. The number of imidazole rings is 1. The number of H-pyrrole nitrogens is 1. The van der Waals surface area contributed by atoms with Gasteiger partial charge in [-0.1, -0.05) is 17.7 Å². The van der Waals surface area contributed by atoms with Gasteiger partial charge in [0.1, 0.15) is 29.3 Å². The molecule has 0 radical (unpaired) electrons. The highest BCUT2D eigenvalue weighted by molar-refractivity contribution is 6.30. The summed E-state index contributed by atoms with van der Waals surface area (Å²) in [6.45, 7) is 3.57. The summed E-state index contributed by atoms with van der Waals surface area (Å²) in [7, 11) is 0. The van der Waals surface area contributed by atoms with Crippen molar-refractivity contribution in [2.24, 2.45) is 0 Å². The topological polar surface area (TPSA) is 133 Å². The average Bonchev–Trinajstić information content (AvgIpc) is 3.63. The number of rotatable bonds is 9. The van der Waals surface area contributed by atoms with Crippen molar-refractivity contribution in [1.82, 2.24) is 50.0 Å². The third-order valence-corrected chi connectivity index (χ3v) is 8.02. The molecule has 2 aliphatic rings. The zero-order valence-corrected chi connectivity index (χ0v) is 23.7. The van der Waals surface area contributed by atoms with Gasteiger partial charge >= 0.3 is 0 Å². The molecule has 5 aromatic rings. The van der Waals surface area contributed by atoms with Crippen LogP contribution in [0.4, 0.5) is 8.78 Å². The lowest BCUT2D eigenvalue weighted by Gasteiger charge is -2.32. The number of piperidine rings is 1. The van der Waals surface area contributed by atoms with Crippen molar-refractivity contribution >= 4 is 22.6 Å². The fourth-order valence-corrected chi connectivity index (χ4v) is 5.52. The van der Waals surface area contributed by atoms with Crippen LogP contribution in [0.1, 0.15) is 36.5 Å². The Morgan fingerprint density at radius 2 is 1.91 bits per heavy atom. The summed E-state index contributed by atoms with van der Waals surface area (Å²) in [6, 6.07) is 6.27. The molecular formula is C28H27ClF2N10O2. The maximum atomic E-state index is 14.6. The molecule has 0 bridgehead atoms. The van der Waals surface area contributed by atoms with Gasteiger partial charge in [0.25, 0.3) is 5.88 Å². The Kier molecular flexibility index (Phi) is 7.63. The lowest BCUT2D eigenvalue weighted by atomic mass is 10.1. The fraction of sp³-hybridized carbons (Fsp3) is 0.393. The molecular weight excluding hydrogens is 582 g/mol. The lowest BCUT2D eigenvalue weighted by Crippen LogP contribution is -2.39. The number of fused-ring (bicyclic) bond motifs is 1. The number of tetrazole rings is 1. The first-order chi connectivity index (χ1) is 21.0. The summed E-state index contributed by atoms with van der Waals surface area (Å²) in [4.78, 5) is 20.1. The zero-order valence-electron chi connectivity index (χ0n) is 23.0. The first-order valence-electron chi connectivity index (χ1n) is 14.0. The Morgan fingerprint density at radius 1 is 1.05 bits per heavy atom. The van der Waals surface area contributed by atoms with Crippen LogP contribution in [0, 0.1) is 11.6 Å². The van der Waals surface area contributed by atoms with E-state index in [9.17, 15) is 8.78 Å². The second-order valence-corrected chi connectivity index (χ2v) is 11.1. The minimum atomic E-state index is -0.649. The summed E-state index contributed by atoms with van der Waals surface area (Å²) in [6.07, 6.45) is 5.26. The lowest BCUT2D eigenvalue weighted by molar-refractivity contribution is -0.0592. The van der Waals surface area contributed by atoms with Gasteiger partial charge in [-0.25, -0.2) is 19.5 Å². The van der Waals surface area contributed by atoms with Crippen molar-refractivity contribution in [3.8, 4) is 17.4 Å². The number of halogens is 3. The highest BCUT2D eigenvalue weighted by Crippen LogP contribution is 2.26. The van der Waals surface area contributed by atoms with Gasteiger partial charge in [0.05, 0.1) is 42.6 Å². The van der Waals surface area contributed by atoms with Crippen molar-refractivity contribution in [2.45, 2.75) is 51.0 Å². The molecule has 2 saturated heterocycles. The molecule has 1 N–H and O–H groups in total. The first kappa shape index (κ1) is 27.7. The number of nitrogens with zero attached hydrogens (tertiary/aromatic N) is 9. The number of likely N-dealkylation sites (tertiary alicyclic amines) is 1. The number of nitrogens with one attached hydrogen (secondary N) is 1. The molecule has 1 aromatic carbocycles. The van der Waals surface area contributed by atoms with Gasteiger partial charge in [0, 0.05) is 31.1 Å². The summed E-state index contributed by atoms with van der Waals surface area (Å²) in [5.41, 5.74) is 2.72. The smallest absolute Gasteiger partial charge is 0.254 e. The molecule has 0 aliphatic carbocycles. The molecule has 0 amide bonds. The third kappa shape index (κ3) is 6.03. The van der Waals surface area contributed by atoms with Gasteiger partial charge < -0.3 is 14.0 Å². The third-order valence-electron chi connectivity index (χ3n) is 7.78. The van der Waals surface area contributed by atoms with Gasteiger partial charge in [0.2, 0.25) is 5.82 Å². The van der Waals surface area contributed by atoms with Crippen LogP contribution in [0.5, 0.6) is 5.88 Å². The largest absolute Gasteiger partial charge is 0.472 e. The molecule has 15 heteroatoms. The summed E-state index contributed by atoms with van der Waals surface area (Å²) in [5, 5.41) is 14.3. The van der Waals surface area contributed by atoms with Gasteiger partial charge in [-0.05, 0) is 53.5 Å². The molecule has 4 aromatic heterocycles. The molecule has 6 heterocycles. The predicted octanol–water partition coefficient (Wildman–Crippen LogP) is 3.76. The van der Waals surface area contributed by atoms with E-state index in [1.54, 1.807) is 18.3 Å². The van der Waals surface area contributed by atoms with Crippen molar-refractivity contribution in [3.63, 3.8) is 0 Å². The maximum absolute atomic E-state index is 14.6. The van der Waals surface area contributed by atoms with E-state index in [4.69, 9.17) is 26.1 Å². The molecule has 7 rings (SSSR count). The molecule has 222 valence electrons. The highest BCUT2D eigenvalue weighted by Gasteiger charge is 2.26. The van der Waals surface area contributed by atoms with Crippen molar-refractivity contribution in [2.75, 3.05) is 19.7 Å². The standard InChI is InChI=1S/C28H27ClF2N10O2/c29-17-2-1-16(20(30)10-17)9-25-33-12-21(31)28(35-25)43-18-3-6-40(7-4-18)15-26-34-22-11-23(27-36-38-39-37-27)32-13-24(22)41(26)14-19-5-8-42-19/h1-2,10-13,18-19H,3-9,14-15H2,(H,36,37,38,39). The Balaban J connectivity index is 1.02. The Bertz CT molecular complexity index is 1740. The number of benzene rings is 1. The number of pyridine rings is 1. The van der Waals surface area contributed by atoms with Crippen LogP contribution < -0.4 is 4.74 Å². The quantitative estimate of drug-likeness (QED) is 0.264. The van der Waals surface area contributed by atoms with Crippen molar-refractivity contribution in [1.29, 1.82) is 0 Å². The molecule has 2 aliphatic heterocycles. The van der Waals surface area contributed by atoms with Crippen LogP contribution in [0.2, 0.25) is 5.02 Å². The van der Waals surface area contributed by atoms with Gasteiger partial charge in [0.15, 0.2) is 5.82 Å². The Labute approximate surface area is 249 Å². The number of hydrogen-bond acceptors (Lipinski definition) is 10. The van der Waals surface area contributed by atoms with Gasteiger partial charge in [-0.2, -0.15) is 9.37 Å². The van der Waals surface area contributed by atoms with Crippen molar-refractivity contribution in [3.05, 3.63) is 70.5 Å². The summed E-state index contributed by atoms with van der Waals surface area (Å²) in [5.74, 6) is 0.427. The normalized spacial score (nSPS) is 17.8. The van der Waals surface area contributed by atoms with E-state index >= 15 is 0 Å². The van der Waals surface area contributed by atoms with Gasteiger partial charge in [-0.15, -0.1) is 5.10 Å². The van der Waals surface area contributed by atoms with Crippen LogP contribution in [0.15, 0.2) is 36.7 Å². The second-order valence-electron chi connectivity index (χ2n) is 10.7. The predicted molar refractivity (Wildman–Crippen MR) is 150 cm³/mol. The van der Waals surface area contributed by atoms with Crippen LogP contribution in [0.25, 0.3) is 22.6 Å². The molecule has 0 spiro atoms.